The molecule has 2 aliphatic rings. The summed E-state index contributed by atoms with van der Waals surface area (Å²) >= 11 is 2.35. The minimum Gasteiger partial charge on any atom is -0.116 e. The van der Waals surface area contributed by atoms with Gasteiger partial charge in [0.15, 0.2) is 0 Å². The van der Waals surface area contributed by atoms with Crippen molar-refractivity contribution in [3.8, 4) is 0 Å². The van der Waals surface area contributed by atoms with Gasteiger partial charge in [0.25, 0.3) is 0 Å². The van der Waals surface area contributed by atoms with E-state index in [1.807, 2.05) is 0 Å². The Balaban J connectivity index is 2.12. The highest BCUT2D eigenvalue weighted by molar-refractivity contribution is 14.1. The van der Waals surface area contributed by atoms with E-state index in [2.05, 4.69) is 116 Å². The molecule has 2 atom stereocenters. The van der Waals surface area contributed by atoms with E-state index in [1.165, 1.54) is 25.9 Å². The van der Waals surface area contributed by atoms with E-state index in [9.17, 15) is 0 Å². The quantitative estimate of drug-likeness (QED) is 0.286. The minimum absolute atomic E-state index is 0.0637. The van der Waals surface area contributed by atoms with Gasteiger partial charge in [0.05, 0.1) is 0 Å². The second-order valence-electron chi connectivity index (χ2n) is 6.95. The normalized spacial score (nSPS) is 24.9. The molecule has 0 bridgehead atoms. The van der Waals surface area contributed by atoms with E-state index in [0.717, 1.165) is 0 Å². The summed E-state index contributed by atoms with van der Waals surface area (Å²) in [4.78, 5) is 0. The van der Waals surface area contributed by atoms with Crippen molar-refractivity contribution >= 4 is 28.2 Å². The highest BCUT2D eigenvalue weighted by Crippen LogP contribution is 2.55. The van der Waals surface area contributed by atoms with Crippen LogP contribution in [0.2, 0.25) is 0 Å². The summed E-state index contributed by atoms with van der Waals surface area (Å²) in [5.74, 6) is 0.751. The average molecular weight is 426 g/mol. The van der Waals surface area contributed by atoms with Crippen LogP contribution in [0.5, 0.6) is 0 Å². The third-order valence-electron chi connectivity index (χ3n) is 5.17. The maximum Gasteiger partial charge on any atom is 0.0163 e. The fourth-order valence-corrected chi connectivity index (χ4v) is 4.21. The zero-order chi connectivity index (χ0) is 17.3. The van der Waals surface area contributed by atoms with Crippen molar-refractivity contribution in [3.63, 3.8) is 0 Å². The summed E-state index contributed by atoms with van der Waals surface area (Å²) in [7, 11) is 0. The van der Waals surface area contributed by atoms with Crippen LogP contribution >= 0.6 is 22.6 Å². The van der Waals surface area contributed by atoms with Gasteiger partial charge in [-0.2, -0.15) is 0 Å². The maximum atomic E-state index is 4.10. The second kappa shape index (κ2) is 6.74. The van der Waals surface area contributed by atoms with E-state index in [-0.39, 0.29) is 5.41 Å². The molecule has 1 aromatic carbocycles. The van der Waals surface area contributed by atoms with E-state index in [4.69, 9.17) is 0 Å². The Morgan fingerprint density at radius 3 is 2.54 bits per heavy atom. The molecule has 0 amide bonds. The lowest BCUT2D eigenvalue weighted by Gasteiger charge is -2.27. The van der Waals surface area contributed by atoms with Crippen molar-refractivity contribution in [2.75, 3.05) is 0 Å². The van der Waals surface area contributed by atoms with Crippen molar-refractivity contribution in [1.29, 1.82) is 0 Å². The molecule has 0 spiro atoms. The Kier molecular flexibility index (Phi) is 4.85. The van der Waals surface area contributed by atoms with Crippen LogP contribution in [-0.4, -0.2) is 0 Å². The lowest BCUT2D eigenvalue weighted by molar-refractivity contribution is 0.335. The molecule has 3 rings (SSSR count). The second-order valence-corrected chi connectivity index (χ2v) is 8.19. The van der Waals surface area contributed by atoms with Crippen LogP contribution in [0, 0.1) is 20.8 Å². The molecule has 0 aliphatic heterocycles. The fraction of sp³-hybridized carbons (Fsp3) is 0.261. The van der Waals surface area contributed by atoms with Gasteiger partial charge in [-0.05, 0) is 87.9 Å². The number of rotatable bonds is 3. The number of fused-ring (bicyclic) bond motifs is 1. The number of hydrogen-bond acceptors (Lipinski definition) is 0. The van der Waals surface area contributed by atoms with Gasteiger partial charge in [-0.25, -0.2) is 0 Å². The topological polar surface area (TPSA) is 0 Å². The minimum atomic E-state index is 0.0637. The van der Waals surface area contributed by atoms with Crippen molar-refractivity contribution in [1.82, 2.24) is 0 Å². The Morgan fingerprint density at radius 2 is 1.92 bits per heavy atom. The molecule has 2 aliphatic carbocycles. The molecule has 1 aromatic rings. The van der Waals surface area contributed by atoms with Crippen molar-refractivity contribution in [2.24, 2.45) is 17.3 Å². The van der Waals surface area contributed by atoms with E-state index < -0.39 is 0 Å². The molecule has 0 aromatic heterocycles. The van der Waals surface area contributed by atoms with Crippen LogP contribution in [0.4, 0.5) is 0 Å². The Bertz CT molecular complexity index is 806. The number of hydrogen-bond donors (Lipinski definition) is 0. The van der Waals surface area contributed by atoms with Crippen LogP contribution < -0.4 is 0 Å². The number of benzene rings is 1. The molecule has 0 saturated heterocycles. The smallest absolute Gasteiger partial charge is 0.0163 e. The summed E-state index contributed by atoms with van der Waals surface area (Å²) < 4.78 is 1.26. The van der Waals surface area contributed by atoms with Crippen LogP contribution in [-0.2, 0) is 0 Å². The van der Waals surface area contributed by atoms with Crippen LogP contribution in [0.1, 0.15) is 26.3 Å². The van der Waals surface area contributed by atoms with Crippen molar-refractivity contribution in [2.45, 2.75) is 20.8 Å². The number of halogens is 1. The first-order chi connectivity index (χ1) is 11.5. The summed E-state index contributed by atoms with van der Waals surface area (Å²) in [6.07, 6.45) is 13.2. The van der Waals surface area contributed by atoms with Crippen LogP contribution in [0.25, 0.3) is 5.57 Å². The van der Waals surface area contributed by atoms with Gasteiger partial charge in [-0.1, -0.05) is 44.2 Å². The van der Waals surface area contributed by atoms with E-state index in [1.54, 1.807) is 0 Å². The molecule has 1 saturated carbocycles. The van der Waals surface area contributed by atoms with Gasteiger partial charge < -0.3 is 0 Å². The molecule has 1 fully saturated rings. The Morgan fingerprint density at radius 1 is 1.21 bits per heavy atom. The summed E-state index contributed by atoms with van der Waals surface area (Å²) in [6.45, 7) is 10.9. The van der Waals surface area contributed by atoms with Gasteiger partial charge in [0.2, 0.25) is 0 Å². The summed E-state index contributed by atoms with van der Waals surface area (Å²) in [5, 5.41) is 0. The third kappa shape index (κ3) is 2.92. The van der Waals surface area contributed by atoms with Gasteiger partial charge in [-0.15, -0.1) is 12.3 Å². The van der Waals surface area contributed by atoms with E-state index >= 15 is 0 Å². The lowest BCUT2D eigenvalue weighted by Crippen LogP contribution is -2.20. The first-order valence-corrected chi connectivity index (χ1v) is 9.47. The predicted molar refractivity (Wildman–Crippen MR) is 113 cm³/mol. The summed E-state index contributed by atoms with van der Waals surface area (Å²) in [6, 6.07) is 8.71. The average Bonchev–Trinajstić information content (AvgIpc) is 2.72. The summed E-state index contributed by atoms with van der Waals surface area (Å²) in [5.41, 5.74) is 8.78. The standard InChI is InChI=1S/C23H23I/c1-5-8-21-19(6-2)20-10-7-9-17(15-22(20)23(21,3)4)16-11-13-18(24)14-12-16/h5-9,11-15,19,21H,2H2,1,3-4H3/b8-5-/t19-,21?/m0/s1. The Labute approximate surface area is 159 Å². The highest BCUT2D eigenvalue weighted by Gasteiger charge is 2.46. The molecule has 1 unspecified atom stereocenters. The molecule has 24 heavy (non-hydrogen) atoms. The molecular formula is C23H23I. The predicted octanol–water partition coefficient (Wildman–Crippen LogP) is 6.73. The monoisotopic (exact) mass is 426 g/mol. The van der Waals surface area contributed by atoms with Gasteiger partial charge in [-0.3, -0.25) is 0 Å². The maximum absolute atomic E-state index is 4.10. The van der Waals surface area contributed by atoms with Gasteiger partial charge in [0.1, 0.15) is 0 Å². The Hall–Kier alpha value is -1.57. The SMILES string of the molecule is C=C[C@H]1C2=C=CC=C(c3ccc(I)cc3)C=C2C(C)(C)C1/C=C\C. The third-order valence-corrected chi connectivity index (χ3v) is 5.89. The molecule has 0 nitrogen and oxygen atoms in total. The zero-order valence-corrected chi connectivity index (χ0v) is 16.7. The molecule has 0 radical (unpaired) electrons. The van der Waals surface area contributed by atoms with Crippen molar-refractivity contribution < 1.29 is 0 Å². The van der Waals surface area contributed by atoms with Gasteiger partial charge in [0, 0.05) is 15.1 Å². The van der Waals surface area contributed by atoms with Crippen molar-refractivity contribution in [3.05, 3.63) is 93.3 Å². The molecule has 0 N–H and O–H groups in total. The van der Waals surface area contributed by atoms with Gasteiger partial charge >= 0.3 is 0 Å². The number of allylic oxidation sites excluding steroid dienone is 8. The first-order valence-electron chi connectivity index (χ1n) is 8.39. The molecule has 1 heteroatoms. The largest absolute Gasteiger partial charge is 0.116 e. The molecule has 122 valence electrons. The van der Waals surface area contributed by atoms with Crippen LogP contribution in [0.15, 0.2) is 84.2 Å². The highest BCUT2D eigenvalue weighted by atomic mass is 127. The first kappa shape index (κ1) is 17.3. The zero-order valence-electron chi connectivity index (χ0n) is 14.5. The van der Waals surface area contributed by atoms with Crippen LogP contribution in [0.3, 0.4) is 0 Å². The molecular weight excluding hydrogens is 403 g/mol. The van der Waals surface area contributed by atoms with E-state index in [0.29, 0.717) is 11.8 Å². The molecule has 0 heterocycles. The fourth-order valence-electron chi connectivity index (χ4n) is 3.85. The lowest BCUT2D eigenvalue weighted by atomic mass is 9.76.